The van der Waals surface area contributed by atoms with E-state index in [1.54, 1.807) is 6.21 Å². The molecular weight excluding hydrogens is 336 g/mol. The van der Waals surface area contributed by atoms with Gasteiger partial charge in [0.2, 0.25) is 0 Å². The first-order valence-electron chi connectivity index (χ1n) is 9.44. The quantitative estimate of drug-likeness (QED) is 0.562. The van der Waals surface area contributed by atoms with Gasteiger partial charge in [-0.3, -0.25) is 5.41 Å². The molecule has 1 atom stereocenters. The molecule has 0 aromatic heterocycles. The topological polar surface area (TPSA) is 66.8 Å². The van der Waals surface area contributed by atoms with Crippen molar-refractivity contribution in [2.75, 3.05) is 37.8 Å². The minimum absolute atomic E-state index is 0.233. The van der Waals surface area contributed by atoms with Crippen molar-refractivity contribution in [3.05, 3.63) is 47.4 Å². The Kier molecular flexibility index (Phi) is 5.65. The summed E-state index contributed by atoms with van der Waals surface area (Å²) >= 11 is 0. The summed E-state index contributed by atoms with van der Waals surface area (Å²) in [6.07, 6.45) is 4.09. The molecule has 2 aliphatic rings. The Labute approximate surface area is 162 Å². The largest absolute Gasteiger partial charge is 0.369 e. The van der Waals surface area contributed by atoms with Crippen molar-refractivity contribution in [1.29, 1.82) is 5.41 Å². The number of anilines is 2. The van der Waals surface area contributed by atoms with Crippen LogP contribution in [0.15, 0.2) is 46.9 Å². The number of aryl methyl sites for hydroxylation is 1. The Hall–Kier alpha value is -2.60. The van der Waals surface area contributed by atoms with Gasteiger partial charge in [-0.1, -0.05) is 12.6 Å². The Bertz CT molecular complexity index is 805. The molecule has 2 aliphatic heterocycles. The summed E-state index contributed by atoms with van der Waals surface area (Å²) in [5.74, 6) is 1.05. The van der Waals surface area contributed by atoms with Gasteiger partial charge in [0.1, 0.15) is 5.82 Å². The number of allylic oxidation sites excluding steroid dienone is 1. The summed E-state index contributed by atoms with van der Waals surface area (Å²) in [7, 11) is 4.24. The van der Waals surface area contributed by atoms with Crippen LogP contribution >= 0.6 is 0 Å². The minimum Gasteiger partial charge on any atom is -0.369 e. The lowest BCUT2D eigenvalue weighted by molar-refractivity contribution is 0.166. The van der Waals surface area contributed by atoms with E-state index < -0.39 is 0 Å². The highest BCUT2D eigenvalue weighted by molar-refractivity contribution is 6.04. The van der Waals surface area contributed by atoms with Gasteiger partial charge in [-0.2, -0.15) is 0 Å². The first-order chi connectivity index (χ1) is 12.8. The predicted octanol–water partition coefficient (Wildman–Crippen LogP) is 3.65. The van der Waals surface area contributed by atoms with Crippen LogP contribution in [0.5, 0.6) is 0 Å². The average molecular weight is 367 g/mol. The molecule has 1 unspecified atom stereocenters. The van der Waals surface area contributed by atoms with Crippen molar-refractivity contribution in [2.45, 2.75) is 32.7 Å². The second-order valence-corrected chi connectivity index (χ2v) is 7.60. The molecule has 1 saturated heterocycles. The first kappa shape index (κ1) is 19.2. The molecule has 144 valence electrons. The molecule has 1 aromatic carbocycles. The first-order valence-corrected chi connectivity index (χ1v) is 9.44. The van der Waals surface area contributed by atoms with Crippen LogP contribution in [0.1, 0.15) is 25.3 Å². The minimum atomic E-state index is 0.233. The standard InChI is InChI=1S/C21H30N6/c1-14-8-9-18-19(11-14)25-21(24-18)16(3)20(22)23-12-15(2)27-10-6-7-17(13-27)26(4)5/h8-9,11-12,17,22,24-25H,2,6-7,10,13H2,1,3-5H3. The van der Waals surface area contributed by atoms with Crippen LogP contribution in [0.4, 0.5) is 11.4 Å². The van der Waals surface area contributed by atoms with Crippen molar-refractivity contribution in [3.63, 3.8) is 0 Å². The summed E-state index contributed by atoms with van der Waals surface area (Å²) in [6, 6.07) is 6.75. The molecule has 0 bridgehead atoms. The van der Waals surface area contributed by atoms with Gasteiger partial charge in [0, 0.05) is 30.4 Å². The molecule has 3 N–H and O–H groups in total. The lowest BCUT2D eigenvalue weighted by Crippen LogP contribution is -2.44. The third kappa shape index (κ3) is 4.39. The summed E-state index contributed by atoms with van der Waals surface area (Å²) in [4.78, 5) is 8.89. The number of amidine groups is 1. The van der Waals surface area contributed by atoms with Crippen LogP contribution in [0.2, 0.25) is 0 Å². The molecule has 0 spiro atoms. The van der Waals surface area contributed by atoms with E-state index >= 15 is 0 Å². The number of nitrogens with one attached hydrogen (secondary N) is 3. The van der Waals surface area contributed by atoms with Crippen molar-refractivity contribution in [3.8, 4) is 0 Å². The fourth-order valence-corrected chi connectivity index (χ4v) is 3.43. The molecule has 3 rings (SSSR count). The van der Waals surface area contributed by atoms with E-state index in [-0.39, 0.29) is 5.84 Å². The highest BCUT2D eigenvalue weighted by Gasteiger charge is 2.22. The second kappa shape index (κ2) is 7.96. The van der Waals surface area contributed by atoms with E-state index in [2.05, 4.69) is 65.2 Å². The number of piperidine rings is 1. The number of aliphatic imine (C=N–C) groups is 1. The van der Waals surface area contributed by atoms with Crippen LogP contribution in [0.3, 0.4) is 0 Å². The van der Waals surface area contributed by atoms with Crippen molar-refractivity contribution in [2.24, 2.45) is 4.99 Å². The van der Waals surface area contributed by atoms with E-state index in [1.165, 1.54) is 12.0 Å². The van der Waals surface area contributed by atoms with Gasteiger partial charge in [-0.15, -0.1) is 0 Å². The summed E-state index contributed by atoms with van der Waals surface area (Å²) in [5.41, 5.74) is 4.91. The van der Waals surface area contributed by atoms with Crippen molar-refractivity contribution in [1.82, 2.24) is 9.80 Å². The molecule has 0 aliphatic carbocycles. The molecule has 0 saturated carbocycles. The maximum atomic E-state index is 8.32. The third-order valence-corrected chi connectivity index (χ3v) is 5.30. The molecule has 0 amide bonds. The van der Waals surface area contributed by atoms with E-state index in [9.17, 15) is 0 Å². The predicted molar refractivity (Wildman–Crippen MR) is 115 cm³/mol. The number of benzene rings is 1. The van der Waals surface area contributed by atoms with Gasteiger partial charge in [-0.05, 0) is 58.5 Å². The summed E-state index contributed by atoms with van der Waals surface area (Å²) in [6.45, 7) is 10.1. The molecule has 6 heteroatoms. The lowest BCUT2D eigenvalue weighted by atomic mass is 10.0. The number of likely N-dealkylation sites (N-methyl/N-ethyl adjacent to an activating group) is 1. The zero-order chi connectivity index (χ0) is 19.6. The number of hydrogen-bond donors (Lipinski definition) is 3. The Balaban J connectivity index is 1.64. The van der Waals surface area contributed by atoms with Crippen LogP contribution in [-0.4, -0.2) is 55.1 Å². The fourth-order valence-electron chi connectivity index (χ4n) is 3.43. The molecule has 27 heavy (non-hydrogen) atoms. The monoisotopic (exact) mass is 366 g/mol. The van der Waals surface area contributed by atoms with E-state index in [0.717, 1.165) is 48.0 Å². The van der Waals surface area contributed by atoms with Crippen LogP contribution in [0.25, 0.3) is 0 Å². The molecule has 6 nitrogen and oxygen atoms in total. The Morgan fingerprint density at radius 2 is 2.07 bits per heavy atom. The smallest absolute Gasteiger partial charge is 0.151 e. The van der Waals surface area contributed by atoms with Crippen LogP contribution in [0, 0.1) is 12.3 Å². The highest BCUT2D eigenvalue weighted by Crippen LogP contribution is 2.32. The van der Waals surface area contributed by atoms with Gasteiger partial charge in [0.15, 0.2) is 5.84 Å². The zero-order valence-electron chi connectivity index (χ0n) is 16.8. The van der Waals surface area contributed by atoms with E-state index in [0.29, 0.717) is 6.04 Å². The number of likely N-dealkylation sites (tertiary alicyclic amines) is 1. The SMILES string of the molecule is C=C(C=NC(=N)C(C)=C1Nc2ccc(C)cc2N1)N1CCCC(N(C)C)C1. The average Bonchev–Trinajstić information content (AvgIpc) is 3.08. The number of rotatable bonds is 4. The Morgan fingerprint density at radius 1 is 1.33 bits per heavy atom. The second-order valence-electron chi connectivity index (χ2n) is 7.60. The van der Waals surface area contributed by atoms with Crippen LogP contribution < -0.4 is 10.6 Å². The van der Waals surface area contributed by atoms with Crippen molar-refractivity contribution >= 4 is 23.4 Å². The van der Waals surface area contributed by atoms with Gasteiger partial charge < -0.3 is 20.4 Å². The highest BCUT2D eigenvalue weighted by atomic mass is 15.2. The summed E-state index contributed by atoms with van der Waals surface area (Å²) < 4.78 is 0. The maximum absolute atomic E-state index is 8.32. The van der Waals surface area contributed by atoms with Crippen LogP contribution in [-0.2, 0) is 0 Å². The van der Waals surface area contributed by atoms with Gasteiger partial charge >= 0.3 is 0 Å². The molecular formula is C21H30N6. The zero-order valence-corrected chi connectivity index (χ0v) is 16.8. The summed E-state index contributed by atoms with van der Waals surface area (Å²) in [5, 5.41) is 15.0. The fraction of sp³-hybridized carbons (Fsp3) is 0.429. The Morgan fingerprint density at radius 3 is 2.81 bits per heavy atom. The number of fused-ring (bicyclic) bond motifs is 1. The molecule has 1 aromatic rings. The third-order valence-electron chi connectivity index (χ3n) is 5.30. The normalized spacial score (nSPS) is 21.1. The lowest BCUT2D eigenvalue weighted by Gasteiger charge is -2.37. The van der Waals surface area contributed by atoms with Gasteiger partial charge in [0.05, 0.1) is 17.6 Å². The van der Waals surface area contributed by atoms with E-state index in [1.807, 2.05) is 13.0 Å². The molecule has 1 fully saturated rings. The van der Waals surface area contributed by atoms with Crippen molar-refractivity contribution < 1.29 is 0 Å². The maximum Gasteiger partial charge on any atom is 0.151 e. The number of nitrogens with zero attached hydrogens (tertiary/aromatic N) is 3. The molecule has 2 heterocycles. The van der Waals surface area contributed by atoms with Gasteiger partial charge in [0.25, 0.3) is 0 Å². The number of hydrogen-bond acceptors (Lipinski definition) is 5. The van der Waals surface area contributed by atoms with Gasteiger partial charge in [-0.25, -0.2) is 4.99 Å². The van der Waals surface area contributed by atoms with E-state index in [4.69, 9.17) is 5.41 Å². The molecule has 0 radical (unpaired) electrons.